The largest absolute Gasteiger partial charge is 0.490 e. The van der Waals surface area contributed by atoms with Crippen molar-refractivity contribution in [3.05, 3.63) is 42.2 Å². The summed E-state index contributed by atoms with van der Waals surface area (Å²) in [6.07, 6.45) is 3.46. The molecule has 0 N–H and O–H groups in total. The summed E-state index contributed by atoms with van der Waals surface area (Å²) >= 11 is 0. The minimum absolute atomic E-state index is 0.00244. The Kier molecular flexibility index (Phi) is 5.88. The molecule has 2 heterocycles. The highest BCUT2D eigenvalue weighted by Crippen LogP contribution is 2.29. The molecule has 0 spiro atoms. The minimum atomic E-state index is 0.00244. The Hall–Kier alpha value is -2.83. The molecular weight excluding hydrogens is 332 g/mol. The van der Waals surface area contributed by atoms with Gasteiger partial charge >= 0.3 is 0 Å². The highest BCUT2D eigenvalue weighted by molar-refractivity contribution is 5.95. The van der Waals surface area contributed by atoms with E-state index in [1.54, 1.807) is 36.7 Å². The van der Waals surface area contributed by atoms with E-state index < -0.39 is 0 Å². The first-order valence-electron chi connectivity index (χ1n) is 8.93. The van der Waals surface area contributed by atoms with Crippen LogP contribution >= 0.6 is 0 Å². The highest BCUT2D eigenvalue weighted by Gasteiger charge is 2.24. The van der Waals surface area contributed by atoms with E-state index in [1.165, 1.54) is 0 Å². The summed E-state index contributed by atoms with van der Waals surface area (Å²) in [5.41, 5.74) is 0.612. The number of amides is 1. The Morgan fingerprint density at radius 3 is 2.31 bits per heavy atom. The molecule has 1 fully saturated rings. The van der Waals surface area contributed by atoms with E-state index in [4.69, 9.17) is 9.47 Å². The standard InChI is InChI=1S/C19H24N4O3/c1-3-25-16-7-6-15(14-17(16)26-4-2)18(24)22-10-12-23(13-11-22)19-20-8-5-9-21-19/h5-9,14H,3-4,10-13H2,1-2H3. The summed E-state index contributed by atoms with van der Waals surface area (Å²) in [7, 11) is 0. The van der Waals surface area contributed by atoms with Crippen LogP contribution < -0.4 is 14.4 Å². The molecule has 0 atom stereocenters. The van der Waals surface area contributed by atoms with Crippen molar-refractivity contribution in [2.24, 2.45) is 0 Å². The summed E-state index contributed by atoms with van der Waals surface area (Å²) in [5, 5.41) is 0. The van der Waals surface area contributed by atoms with Gasteiger partial charge in [0.2, 0.25) is 5.95 Å². The van der Waals surface area contributed by atoms with Crippen molar-refractivity contribution >= 4 is 11.9 Å². The lowest BCUT2D eigenvalue weighted by molar-refractivity contribution is 0.0745. The molecule has 138 valence electrons. The number of hydrogen-bond acceptors (Lipinski definition) is 6. The van der Waals surface area contributed by atoms with Crippen molar-refractivity contribution in [2.75, 3.05) is 44.3 Å². The first-order chi connectivity index (χ1) is 12.7. The number of anilines is 1. The molecule has 26 heavy (non-hydrogen) atoms. The lowest BCUT2D eigenvalue weighted by Crippen LogP contribution is -2.49. The maximum atomic E-state index is 12.8. The fourth-order valence-electron chi connectivity index (χ4n) is 2.93. The van der Waals surface area contributed by atoms with Crippen LogP contribution in [0.15, 0.2) is 36.7 Å². The number of rotatable bonds is 6. The number of nitrogens with zero attached hydrogens (tertiary/aromatic N) is 4. The molecule has 3 rings (SSSR count). The molecule has 1 amide bonds. The van der Waals surface area contributed by atoms with Gasteiger partial charge in [0.15, 0.2) is 11.5 Å². The lowest BCUT2D eigenvalue weighted by Gasteiger charge is -2.34. The van der Waals surface area contributed by atoms with Gasteiger partial charge in [0.25, 0.3) is 5.91 Å². The smallest absolute Gasteiger partial charge is 0.254 e. The second-order valence-electron chi connectivity index (χ2n) is 5.86. The van der Waals surface area contributed by atoms with Crippen LogP contribution in [-0.4, -0.2) is 60.2 Å². The maximum Gasteiger partial charge on any atom is 0.254 e. The van der Waals surface area contributed by atoms with Crippen molar-refractivity contribution in [3.8, 4) is 11.5 Å². The number of piperazine rings is 1. The fraction of sp³-hybridized carbons (Fsp3) is 0.421. The first kappa shape index (κ1) is 18.0. The van der Waals surface area contributed by atoms with Crippen LogP contribution in [0.3, 0.4) is 0 Å². The third-order valence-corrected chi connectivity index (χ3v) is 4.19. The summed E-state index contributed by atoms with van der Waals surface area (Å²) in [5.74, 6) is 1.98. The fourth-order valence-corrected chi connectivity index (χ4v) is 2.93. The van der Waals surface area contributed by atoms with Crippen molar-refractivity contribution in [1.82, 2.24) is 14.9 Å². The minimum Gasteiger partial charge on any atom is -0.490 e. The maximum absolute atomic E-state index is 12.8. The molecule has 1 aromatic carbocycles. The molecule has 7 nitrogen and oxygen atoms in total. The van der Waals surface area contributed by atoms with E-state index >= 15 is 0 Å². The Morgan fingerprint density at radius 2 is 1.65 bits per heavy atom. The number of aromatic nitrogens is 2. The molecule has 0 unspecified atom stereocenters. The SMILES string of the molecule is CCOc1ccc(C(=O)N2CCN(c3ncccn3)CC2)cc1OCC. The predicted octanol–water partition coefficient (Wildman–Crippen LogP) is 2.24. The number of carbonyl (C=O) groups is 1. The molecule has 0 radical (unpaired) electrons. The molecule has 0 saturated carbocycles. The highest BCUT2D eigenvalue weighted by atomic mass is 16.5. The summed E-state index contributed by atoms with van der Waals surface area (Å²) in [6.45, 7) is 7.60. The molecule has 1 saturated heterocycles. The van der Waals surface area contributed by atoms with Gasteiger partial charge in [0, 0.05) is 44.1 Å². The third kappa shape index (κ3) is 4.04. The Labute approximate surface area is 153 Å². The van der Waals surface area contributed by atoms with Crippen LogP contribution in [0.25, 0.3) is 0 Å². The lowest BCUT2D eigenvalue weighted by atomic mass is 10.1. The summed E-state index contributed by atoms with van der Waals surface area (Å²) in [4.78, 5) is 25.3. The molecule has 0 aliphatic carbocycles. The van der Waals surface area contributed by atoms with Crippen LogP contribution in [0.1, 0.15) is 24.2 Å². The van der Waals surface area contributed by atoms with Gasteiger partial charge in [-0.2, -0.15) is 0 Å². The van der Waals surface area contributed by atoms with Gasteiger partial charge < -0.3 is 19.3 Å². The Bertz CT molecular complexity index is 731. The molecule has 2 aromatic rings. The Morgan fingerprint density at radius 1 is 1.00 bits per heavy atom. The molecule has 1 aliphatic heterocycles. The molecule has 0 bridgehead atoms. The van der Waals surface area contributed by atoms with Crippen molar-refractivity contribution in [3.63, 3.8) is 0 Å². The monoisotopic (exact) mass is 356 g/mol. The van der Waals surface area contributed by atoms with Crippen LogP contribution in [0, 0.1) is 0 Å². The van der Waals surface area contributed by atoms with Gasteiger partial charge in [-0.3, -0.25) is 4.79 Å². The van der Waals surface area contributed by atoms with Gasteiger partial charge in [0.1, 0.15) is 0 Å². The van der Waals surface area contributed by atoms with Crippen LogP contribution in [0.5, 0.6) is 11.5 Å². The van der Waals surface area contributed by atoms with E-state index in [1.807, 2.05) is 18.7 Å². The number of ether oxygens (including phenoxy) is 2. The molecule has 7 heteroatoms. The number of benzene rings is 1. The van der Waals surface area contributed by atoms with E-state index in [0.29, 0.717) is 62.4 Å². The van der Waals surface area contributed by atoms with E-state index in [0.717, 1.165) is 0 Å². The van der Waals surface area contributed by atoms with Gasteiger partial charge in [-0.05, 0) is 38.1 Å². The zero-order valence-electron chi connectivity index (χ0n) is 15.2. The molecular formula is C19H24N4O3. The topological polar surface area (TPSA) is 67.8 Å². The van der Waals surface area contributed by atoms with Gasteiger partial charge in [-0.25, -0.2) is 9.97 Å². The number of carbonyl (C=O) groups excluding carboxylic acids is 1. The third-order valence-electron chi connectivity index (χ3n) is 4.19. The second kappa shape index (κ2) is 8.51. The second-order valence-corrected chi connectivity index (χ2v) is 5.86. The normalized spacial score (nSPS) is 14.2. The quantitative estimate of drug-likeness (QED) is 0.791. The van der Waals surface area contributed by atoms with Crippen molar-refractivity contribution < 1.29 is 14.3 Å². The van der Waals surface area contributed by atoms with Crippen LogP contribution in [-0.2, 0) is 0 Å². The van der Waals surface area contributed by atoms with Crippen LogP contribution in [0.2, 0.25) is 0 Å². The van der Waals surface area contributed by atoms with Gasteiger partial charge in [-0.15, -0.1) is 0 Å². The first-order valence-corrected chi connectivity index (χ1v) is 8.93. The zero-order chi connectivity index (χ0) is 18.4. The zero-order valence-corrected chi connectivity index (χ0v) is 15.2. The summed E-state index contributed by atoms with van der Waals surface area (Å²) < 4.78 is 11.2. The summed E-state index contributed by atoms with van der Waals surface area (Å²) in [6, 6.07) is 7.16. The number of hydrogen-bond donors (Lipinski definition) is 0. The van der Waals surface area contributed by atoms with E-state index in [9.17, 15) is 4.79 Å². The van der Waals surface area contributed by atoms with Crippen LogP contribution in [0.4, 0.5) is 5.95 Å². The van der Waals surface area contributed by atoms with E-state index in [-0.39, 0.29) is 5.91 Å². The molecule has 1 aliphatic rings. The molecule has 1 aromatic heterocycles. The van der Waals surface area contributed by atoms with Gasteiger partial charge in [0.05, 0.1) is 13.2 Å². The van der Waals surface area contributed by atoms with E-state index in [2.05, 4.69) is 14.9 Å². The average Bonchev–Trinajstić information content (AvgIpc) is 2.70. The van der Waals surface area contributed by atoms with Crippen molar-refractivity contribution in [2.45, 2.75) is 13.8 Å². The average molecular weight is 356 g/mol. The van der Waals surface area contributed by atoms with Crippen molar-refractivity contribution in [1.29, 1.82) is 0 Å². The Balaban J connectivity index is 1.67. The predicted molar refractivity (Wildman–Crippen MR) is 98.9 cm³/mol. The van der Waals surface area contributed by atoms with Gasteiger partial charge in [-0.1, -0.05) is 0 Å².